The fraction of sp³-hybridized carbons (Fsp3) is 0.480. The zero-order valence-electron chi connectivity index (χ0n) is 18.9. The molecule has 0 radical (unpaired) electrons. The number of guanidine groups is 1. The first kappa shape index (κ1) is 22.9. The van der Waals surface area contributed by atoms with Crippen LogP contribution in [0.2, 0.25) is 0 Å². The number of rotatable bonds is 9. The molecular formula is C25H35N3O3. The average Bonchev–Trinajstić information content (AvgIpc) is 2.82. The van der Waals surface area contributed by atoms with E-state index in [-0.39, 0.29) is 5.41 Å². The Labute approximate surface area is 186 Å². The van der Waals surface area contributed by atoms with Gasteiger partial charge in [-0.2, -0.15) is 0 Å². The van der Waals surface area contributed by atoms with Gasteiger partial charge in [-0.1, -0.05) is 24.3 Å². The van der Waals surface area contributed by atoms with E-state index < -0.39 is 0 Å². The maximum absolute atomic E-state index is 5.68. The number of hydrogen-bond donors (Lipinski definition) is 2. The Morgan fingerprint density at radius 2 is 1.65 bits per heavy atom. The van der Waals surface area contributed by atoms with E-state index in [9.17, 15) is 0 Å². The van der Waals surface area contributed by atoms with Gasteiger partial charge in [-0.15, -0.1) is 0 Å². The molecule has 3 rings (SSSR count). The van der Waals surface area contributed by atoms with Gasteiger partial charge in [-0.05, 0) is 62.1 Å². The number of nitrogens with one attached hydrogen (secondary N) is 2. The van der Waals surface area contributed by atoms with Crippen molar-refractivity contribution < 1.29 is 14.2 Å². The largest absolute Gasteiger partial charge is 0.497 e. The zero-order valence-corrected chi connectivity index (χ0v) is 18.9. The lowest BCUT2D eigenvalue weighted by atomic mass is 9.74. The van der Waals surface area contributed by atoms with Crippen LogP contribution in [-0.4, -0.2) is 46.0 Å². The third kappa shape index (κ3) is 6.37. The molecule has 0 saturated carbocycles. The number of aliphatic imine (C=N–C) groups is 1. The fourth-order valence-corrected chi connectivity index (χ4v) is 3.90. The fourth-order valence-electron chi connectivity index (χ4n) is 3.90. The van der Waals surface area contributed by atoms with Crippen molar-refractivity contribution in [1.82, 2.24) is 10.6 Å². The molecule has 0 bridgehead atoms. The molecule has 0 atom stereocenters. The minimum absolute atomic E-state index is 0.0132. The molecule has 6 nitrogen and oxygen atoms in total. The highest BCUT2D eigenvalue weighted by Gasteiger charge is 2.34. The Balaban J connectivity index is 1.71. The first-order valence-electron chi connectivity index (χ1n) is 11.2. The lowest BCUT2D eigenvalue weighted by Crippen LogP contribution is -2.48. The van der Waals surface area contributed by atoms with Gasteiger partial charge in [0, 0.05) is 31.7 Å². The zero-order chi connectivity index (χ0) is 21.9. The molecule has 0 spiro atoms. The predicted octanol–water partition coefficient (Wildman–Crippen LogP) is 3.90. The number of ether oxygens (including phenoxy) is 3. The summed E-state index contributed by atoms with van der Waals surface area (Å²) in [7, 11) is 1.68. The van der Waals surface area contributed by atoms with Gasteiger partial charge >= 0.3 is 0 Å². The van der Waals surface area contributed by atoms with Crippen molar-refractivity contribution >= 4 is 5.96 Å². The molecule has 0 unspecified atom stereocenters. The highest BCUT2D eigenvalue weighted by Crippen LogP contribution is 2.35. The minimum atomic E-state index is 0.0132. The van der Waals surface area contributed by atoms with Gasteiger partial charge in [0.1, 0.15) is 11.5 Å². The summed E-state index contributed by atoms with van der Waals surface area (Å²) < 4.78 is 16.5. The van der Waals surface area contributed by atoms with Crippen LogP contribution in [0.1, 0.15) is 37.8 Å². The maximum atomic E-state index is 5.68. The molecule has 0 amide bonds. The van der Waals surface area contributed by atoms with Crippen LogP contribution in [-0.2, 0) is 16.7 Å². The summed E-state index contributed by atoms with van der Waals surface area (Å²) >= 11 is 0. The number of benzene rings is 2. The van der Waals surface area contributed by atoms with Crippen LogP contribution in [0, 0.1) is 0 Å². The molecule has 1 fully saturated rings. The van der Waals surface area contributed by atoms with Crippen LogP contribution in [0.5, 0.6) is 11.5 Å². The predicted molar refractivity (Wildman–Crippen MR) is 125 cm³/mol. The lowest BCUT2D eigenvalue weighted by molar-refractivity contribution is 0.0513. The van der Waals surface area contributed by atoms with Crippen LogP contribution in [0.3, 0.4) is 0 Å². The summed E-state index contributed by atoms with van der Waals surface area (Å²) in [5, 5.41) is 6.96. The van der Waals surface area contributed by atoms with E-state index in [4.69, 9.17) is 19.2 Å². The molecular weight excluding hydrogens is 390 g/mol. The van der Waals surface area contributed by atoms with Gasteiger partial charge in [-0.3, -0.25) is 0 Å². The highest BCUT2D eigenvalue weighted by molar-refractivity contribution is 5.79. The number of nitrogens with zero attached hydrogens (tertiary/aromatic N) is 1. The van der Waals surface area contributed by atoms with Crippen LogP contribution >= 0.6 is 0 Å². The summed E-state index contributed by atoms with van der Waals surface area (Å²) in [6, 6.07) is 16.6. The van der Waals surface area contributed by atoms with Crippen molar-refractivity contribution in [2.24, 2.45) is 4.99 Å². The van der Waals surface area contributed by atoms with Crippen molar-refractivity contribution in [2.45, 2.75) is 38.6 Å². The summed E-state index contributed by atoms with van der Waals surface area (Å²) in [6.45, 7) is 8.54. The van der Waals surface area contributed by atoms with Gasteiger partial charge in [0.05, 0.1) is 20.3 Å². The van der Waals surface area contributed by atoms with E-state index in [2.05, 4.69) is 41.8 Å². The Bertz CT molecular complexity index is 813. The molecule has 2 aromatic carbocycles. The summed E-state index contributed by atoms with van der Waals surface area (Å²) in [4.78, 5) is 4.79. The van der Waals surface area contributed by atoms with Crippen molar-refractivity contribution in [1.29, 1.82) is 0 Å². The normalized spacial score (nSPS) is 15.9. The molecule has 0 aromatic heterocycles. The minimum Gasteiger partial charge on any atom is -0.497 e. The Kier molecular flexibility index (Phi) is 8.59. The molecule has 168 valence electrons. The van der Waals surface area contributed by atoms with E-state index in [1.807, 2.05) is 31.2 Å². The molecule has 1 aliphatic heterocycles. The molecule has 2 N–H and O–H groups in total. The van der Waals surface area contributed by atoms with Crippen molar-refractivity contribution in [3.05, 3.63) is 59.7 Å². The van der Waals surface area contributed by atoms with E-state index in [0.29, 0.717) is 13.2 Å². The van der Waals surface area contributed by atoms with Crippen LogP contribution < -0.4 is 20.1 Å². The second-order valence-corrected chi connectivity index (χ2v) is 7.75. The highest BCUT2D eigenvalue weighted by atomic mass is 16.5. The monoisotopic (exact) mass is 425 g/mol. The van der Waals surface area contributed by atoms with Gasteiger partial charge < -0.3 is 24.8 Å². The van der Waals surface area contributed by atoms with Crippen LogP contribution in [0.15, 0.2) is 53.5 Å². The molecule has 1 saturated heterocycles. The first-order chi connectivity index (χ1) is 15.2. The quantitative estimate of drug-likeness (QED) is 0.471. The van der Waals surface area contributed by atoms with Crippen LogP contribution in [0.4, 0.5) is 0 Å². The van der Waals surface area contributed by atoms with E-state index in [1.54, 1.807) is 7.11 Å². The van der Waals surface area contributed by atoms with E-state index in [1.165, 1.54) is 5.56 Å². The SMILES string of the molecule is CCNC(=NCc1ccc(OC)cc1)NCC1(c2ccc(OCC)cc2)CCOCC1. The van der Waals surface area contributed by atoms with Crippen molar-refractivity contribution in [3.8, 4) is 11.5 Å². The molecule has 1 aliphatic rings. The second-order valence-electron chi connectivity index (χ2n) is 7.75. The molecule has 1 heterocycles. The molecule has 31 heavy (non-hydrogen) atoms. The molecule has 6 heteroatoms. The molecule has 2 aromatic rings. The topological polar surface area (TPSA) is 64.1 Å². The smallest absolute Gasteiger partial charge is 0.191 e. The van der Waals surface area contributed by atoms with E-state index in [0.717, 1.165) is 62.2 Å². The summed E-state index contributed by atoms with van der Waals surface area (Å²) in [5.74, 6) is 2.60. The maximum Gasteiger partial charge on any atom is 0.191 e. The standard InChI is InChI=1S/C25H35N3O3/c1-4-26-24(27-18-20-6-10-22(29-3)11-7-20)28-19-25(14-16-30-17-15-25)21-8-12-23(13-9-21)31-5-2/h6-13H,4-5,14-19H2,1-3H3,(H2,26,27,28). The summed E-state index contributed by atoms with van der Waals surface area (Å²) in [5.41, 5.74) is 2.47. The number of hydrogen-bond acceptors (Lipinski definition) is 4. The average molecular weight is 426 g/mol. The van der Waals surface area contributed by atoms with Gasteiger partial charge in [0.15, 0.2) is 5.96 Å². The van der Waals surface area contributed by atoms with Crippen molar-refractivity contribution in [2.75, 3.05) is 40.0 Å². The first-order valence-corrected chi connectivity index (χ1v) is 11.2. The Morgan fingerprint density at radius 1 is 0.968 bits per heavy atom. The number of methoxy groups -OCH3 is 1. The van der Waals surface area contributed by atoms with Gasteiger partial charge in [-0.25, -0.2) is 4.99 Å². The van der Waals surface area contributed by atoms with Gasteiger partial charge in [0.25, 0.3) is 0 Å². The van der Waals surface area contributed by atoms with Gasteiger partial charge in [0.2, 0.25) is 0 Å². The van der Waals surface area contributed by atoms with Crippen LogP contribution in [0.25, 0.3) is 0 Å². The Morgan fingerprint density at radius 3 is 2.26 bits per heavy atom. The molecule has 0 aliphatic carbocycles. The Hall–Kier alpha value is -2.73. The third-order valence-electron chi connectivity index (χ3n) is 5.74. The van der Waals surface area contributed by atoms with E-state index >= 15 is 0 Å². The third-order valence-corrected chi connectivity index (χ3v) is 5.74. The van der Waals surface area contributed by atoms with Crippen molar-refractivity contribution in [3.63, 3.8) is 0 Å². The second kappa shape index (κ2) is 11.6. The summed E-state index contributed by atoms with van der Waals surface area (Å²) in [6.07, 6.45) is 1.96. The lowest BCUT2D eigenvalue weighted by Gasteiger charge is -2.38.